The van der Waals surface area contributed by atoms with Crippen LogP contribution in [0.1, 0.15) is 51.4 Å². The van der Waals surface area contributed by atoms with E-state index in [1.165, 1.54) is 0 Å². The van der Waals surface area contributed by atoms with E-state index in [9.17, 15) is 9.59 Å². The van der Waals surface area contributed by atoms with Gasteiger partial charge >= 0.3 is 0 Å². The van der Waals surface area contributed by atoms with Gasteiger partial charge in [0.2, 0.25) is 11.8 Å². The lowest BCUT2D eigenvalue weighted by Gasteiger charge is -2.15. The van der Waals surface area contributed by atoms with E-state index < -0.39 is 11.9 Å². The van der Waals surface area contributed by atoms with Crippen LogP contribution in [0.5, 0.6) is 0 Å². The molecule has 0 saturated heterocycles. The first kappa shape index (κ1) is 14.7. The molecule has 0 aromatic heterocycles. The third-order valence-electron chi connectivity index (χ3n) is 3.26. The van der Waals surface area contributed by atoms with Crippen LogP contribution in [0.2, 0.25) is 0 Å². The Hall–Kier alpha value is -1.32. The van der Waals surface area contributed by atoms with Crippen molar-refractivity contribution >= 4 is 11.8 Å². The number of carbonyl (C=O) groups is 2. The molecule has 0 bridgehead atoms. The van der Waals surface area contributed by atoms with Crippen LogP contribution in [0.15, 0.2) is 12.7 Å². The van der Waals surface area contributed by atoms with Crippen LogP contribution in [-0.2, 0) is 9.59 Å². The summed E-state index contributed by atoms with van der Waals surface area (Å²) < 4.78 is 0. The molecule has 0 heterocycles. The van der Waals surface area contributed by atoms with E-state index in [0.717, 1.165) is 44.9 Å². The van der Waals surface area contributed by atoms with Crippen molar-refractivity contribution in [1.82, 2.24) is 5.32 Å². The third kappa shape index (κ3) is 5.84. The molecule has 0 unspecified atom stereocenters. The maximum atomic E-state index is 11.6. The fraction of sp³-hybridized carbons (Fsp3) is 0.714. The van der Waals surface area contributed by atoms with Crippen molar-refractivity contribution in [3.8, 4) is 0 Å². The quantitative estimate of drug-likeness (QED) is 0.460. The third-order valence-corrected chi connectivity index (χ3v) is 3.26. The molecule has 0 aromatic carbocycles. The van der Waals surface area contributed by atoms with E-state index in [1.54, 1.807) is 0 Å². The standard InChI is InChI=1S/C14H24N2O2/c1-2-3-4-5-6-7-8-12(13(15)17)16-14(18)11-9-10-11/h2,11-12H,1,3-10H2,(H2,15,17)(H,16,18)/t12-/m1/s1. The minimum absolute atomic E-state index is 0.00884. The second-order valence-corrected chi connectivity index (χ2v) is 5.02. The summed E-state index contributed by atoms with van der Waals surface area (Å²) in [5.41, 5.74) is 5.30. The predicted octanol–water partition coefficient (Wildman–Crippen LogP) is 1.89. The molecule has 0 aromatic rings. The lowest BCUT2D eigenvalue weighted by molar-refractivity contribution is -0.128. The van der Waals surface area contributed by atoms with Crippen LogP contribution in [0.3, 0.4) is 0 Å². The molecule has 1 aliphatic rings. The van der Waals surface area contributed by atoms with Crippen molar-refractivity contribution in [3.05, 3.63) is 12.7 Å². The van der Waals surface area contributed by atoms with E-state index >= 15 is 0 Å². The van der Waals surface area contributed by atoms with Crippen molar-refractivity contribution in [1.29, 1.82) is 0 Å². The van der Waals surface area contributed by atoms with Crippen LogP contribution >= 0.6 is 0 Å². The van der Waals surface area contributed by atoms with Crippen molar-refractivity contribution in [2.75, 3.05) is 0 Å². The Labute approximate surface area is 109 Å². The van der Waals surface area contributed by atoms with Crippen molar-refractivity contribution in [2.24, 2.45) is 11.7 Å². The second-order valence-electron chi connectivity index (χ2n) is 5.02. The first-order valence-electron chi connectivity index (χ1n) is 6.85. The number of amides is 2. The summed E-state index contributed by atoms with van der Waals surface area (Å²) in [5.74, 6) is -0.306. The van der Waals surface area contributed by atoms with E-state index in [-0.39, 0.29) is 11.8 Å². The Kier molecular flexibility index (Phi) is 6.47. The van der Waals surface area contributed by atoms with Gasteiger partial charge in [0.15, 0.2) is 0 Å². The summed E-state index contributed by atoms with van der Waals surface area (Å²) in [6, 6.07) is -0.488. The van der Waals surface area contributed by atoms with Crippen molar-refractivity contribution in [3.63, 3.8) is 0 Å². The van der Waals surface area contributed by atoms with Gasteiger partial charge in [0.1, 0.15) is 6.04 Å². The Morgan fingerprint density at radius 2 is 1.94 bits per heavy atom. The summed E-state index contributed by atoms with van der Waals surface area (Å²) in [6.45, 7) is 3.68. The largest absolute Gasteiger partial charge is 0.368 e. The number of nitrogens with one attached hydrogen (secondary N) is 1. The molecular formula is C14H24N2O2. The monoisotopic (exact) mass is 252 g/mol. The molecule has 4 nitrogen and oxygen atoms in total. The molecule has 102 valence electrons. The number of hydrogen-bond acceptors (Lipinski definition) is 2. The first-order chi connectivity index (χ1) is 8.65. The van der Waals surface area contributed by atoms with Gasteiger partial charge in [-0.3, -0.25) is 9.59 Å². The molecule has 2 amide bonds. The molecule has 18 heavy (non-hydrogen) atoms. The molecule has 0 aliphatic heterocycles. The number of primary amides is 1. The highest BCUT2D eigenvalue weighted by molar-refractivity contribution is 5.88. The molecule has 1 aliphatic carbocycles. The van der Waals surface area contributed by atoms with Crippen molar-refractivity contribution in [2.45, 2.75) is 57.4 Å². The number of hydrogen-bond donors (Lipinski definition) is 2. The van der Waals surface area contributed by atoms with Gasteiger partial charge in [0.05, 0.1) is 0 Å². The lowest BCUT2D eigenvalue weighted by atomic mass is 10.1. The van der Waals surface area contributed by atoms with E-state index in [0.29, 0.717) is 6.42 Å². The number of nitrogens with two attached hydrogens (primary N) is 1. The van der Waals surface area contributed by atoms with E-state index in [1.807, 2.05) is 6.08 Å². The average Bonchev–Trinajstić information content (AvgIpc) is 3.15. The summed E-state index contributed by atoms with van der Waals surface area (Å²) in [6.07, 6.45) is 9.76. The molecule has 1 atom stereocenters. The topological polar surface area (TPSA) is 72.2 Å². The van der Waals surface area contributed by atoms with Crippen LogP contribution in [0.4, 0.5) is 0 Å². The second kappa shape index (κ2) is 7.90. The molecule has 0 radical (unpaired) electrons. The number of carbonyl (C=O) groups excluding carboxylic acids is 2. The van der Waals surface area contributed by atoms with Gasteiger partial charge in [-0.25, -0.2) is 0 Å². The molecule has 1 fully saturated rings. The maximum absolute atomic E-state index is 11.6. The number of rotatable bonds is 10. The maximum Gasteiger partial charge on any atom is 0.239 e. The zero-order valence-electron chi connectivity index (χ0n) is 11.0. The summed E-state index contributed by atoms with van der Waals surface area (Å²) in [7, 11) is 0. The van der Waals surface area contributed by atoms with Crippen LogP contribution in [0.25, 0.3) is 0 Å². The van der Waals surface area contributed by atoms with E-state index in [2.05, 4.69) is 11.9 Å². The Morgan fingerprint density at radius 3 is 2.50 bits per heavy atom. The highest BCUT2D eigenvalue weighted by atomic mass is 16.2. The lowest BCUT2D eigenvalue weighted by Crippen LogP contribution is -2.45. The fourth-order valence-corrected chi connectivity index (χ4v) is 1.91. The molecule has 3 N–H and O–H groups in total. The summed E-state index contributed by atoms with van der Waals surface area (Å²) in [5, 5.41) is 2.75. The van der Waals surface area contributed by atoms with Gasteiger partial charge < -0.3 is 11.1 Å². The molecule has 4 heteroatoms. The van der Waals surface area contributed by atoms with Crippen LogP contribution in [-0.4, -0.2) is 17.9 Å². The Morgan fingerprint density at radius 1 is 1.28 bits per heavy atom. The van der Waals surface area contributed by atoms with Gasteiger partial charge in [-0.15, -0.1) is 6.58 Å². The SMILES string of the molecule is C=CCCCCCC[C@@H](NC(=O)C1CC1)C(N)=O. The van der Waals surface area contributed by atoms with Gasteiger partial charge in [-0.1, -0.05) is 25.3 Å². The summed E-state index contributed by atoms with van der Waals surface area (Å²) >= 11 is 0. The Balaban J connectivity index is 2.14. The minimum Gasteiger partial charge on any atom is -0.368 e. The number of allylic oxidation sites excluding steroid dienone is 1. The zero-order valence-corrected chi connectivity index (χ0v) is 11.0. The Bertz CT molecular complexity index is 298. The molecule has 1 rings (SSSR count). The van der Waals surface area contributed by atoms with Gasteiger partial charge in [-0.05, 0) is 32.1 Å². The highest BCUT2D eigenvalue weighted by Crippen LogP contribution is 2.29. The predicted molar refractivity (Wildman–Crippen MR) is 71.7 cm³/mol. The molecular weight excluding hydrogens is 228 g/mol. The van der Waals surface area contributed by atoms with Crippen LogP contribution < -0.4 is 11.1 Å². The van der Waals surface area contributed by atoms with Gasteiger partial charge in [0.25, 0.3) is 0 Å². The van der Waals surface area contributed by atoms with E-state index in [4.69, 9.17) is 5.73 Å². The van der Waals surface area contributed by atoms with Crippen LogP contribution in [0, 0.1) is 5.92 Å². The van der Waals surface area contributed by atoms with Crippen molar-refractivity contribution < 1.29 is 9.59 Å². The zero-order chi connectivity index (χ0) is 13.4. The highest BCUT2D eigenvalue weighted by Gasteiger charge is 2.31. The number of unbranched alkanes of at least 4 members (excludes halogenated alkanes) is 4. The smallest absolute Gasteiger partial charge is 0.239 e. The average molecular weight is 252 g/mol. The molecule has 0 spiro atoms. The molecule has 1 saturated carbocycles. The van der Waals surface area contributed by atoms with Gasteiger partial charge in [0, 0.05) is 5.92 Å². The normalized spacial score (nSPS) is 16.0. The minimum atomic E-state index is -0.488. The summed E-state index contributed by atoms with van der Waals surface area (Å²) in [4.78, 5) is 22.8. The fourth-order valence-electron chi connectivity index (χ4n) is 1.91. The first-order valence-corrected chi connectivity index (χ1v) is 6.85. The van der Waals surface area contributed by atoms with Gasteiger partial charge in [-0.2, -0.15) is 0 Å².